The summed E-state index contributed by atoms with van der Waals surface area (Å²) in [5.41, 5.74) is 1.86. The van der Waals surface area contributed by atoms with E-state index >= 15 is 0 Å². The molecule has 148 valence electrons. The topological polar surface area (TPSA) is 52.7 Å². The fourth-order valence-electron chi connectivity index (χ4n) is 3.16. The molecule has 2 amide bonds. The van der Waals surface area contributed by atoms with Crippen LogP contribution in [0.25, 0.3) is 0 Å². The molecule has 1 aliphatic heterocycles. The zero-order chi connectivity index (χ0) is 20.1. The molecule has 1 N–H and O–H groups in total. The Morgan fingerprint density at radius 2 is 1.68 bits per heavy atom. The summed E-state index contributed by atoms with van der Waals surface area (Å²) in [7, 11) is 0. The van der Waals surface area contributed by atoms with Gasteiger partial charge in [0.05, 0.1) is 6.54 Å². The SMILES string of the molecule is Cc1cc(CNC(=O)CN2CCN(C(=O)c3ccc(F)cc3)CC2)ccc1F. The van der Waals surface area contributed by atoms with E-state index in [-0.39, 0.29) is 30.0 Å². The van der Waals surface area contributed by atoms with E-state index in [0.29, 0.717) is 43.9 Å². The molecule has 0 unspecified atom stereocenters. The van der Waals surface area contributed by atoms with Crippen LogP contribution in [0, 0.1) is 18.6 Å². The maximum absolute atomic E-state index is 13.3. The highest BCUT2D eigenvalue weighted by Crippen LogP contribution is 2.11. The summed E-state index contributed by atoms with van der Waals surface area (Å²) in [6.07, 6.45) is 0. The van der Waals surface area contributed by atoms with Gasteiger partial charge in [0.15, 0.2) is 0 Å². The number of carbonyl (C=O) groups excluding carboxylic acids is 2. The number of carbonyl (C=O) groups is 2. The molecule has 1 fully saturated rings. The molecule has 0 radical (unpaired) electrons. The largest absolute Gasteiger partial charge is 0.351 e. The van der Waals surface area contributed by atoms with Crippen LogP contribution in [0.5, 0.6) is 0 Å². The van der Waals surface area contributed by atoms with Gasteiger partial charge in [-0.15, -0.1) is 0 Å². The maximum Gasteiger partial charge on any atom is 0.253 e. The predicted molar refractivity (Wildman–Crippen MR) is 102 cm³/mol. The number of benzene rings is 2. The fourth-order valence-corrected chi connectivity index (χ4v) is 3.16. The molecule has 7 heteroatoms. The average molecular weight is 387 g/mol. The minimum Gasteiger partial charge on any atom is -0.351 e. The Balaban J connectivity index is 1.43. The van der Waals surface area contributed by atoms with Gasteiger partial charge >= 0.3 is 0 Å². The van der Waals surface area contributed by atoms with E-state index in [1.165, 1.54) is 30.3 Å². The summed E-state index contributed by atoms with van der Waals surface area (Å²) in [5, 5.41) is 2.84. The van der Waals surface area contributed by atoms with Crippen molar-refractivity contribution in [2.75, 3.05) is 32.7 Å². The van der Waals surface area contributed by atoms with Gasteiger partial charge in [-0.2, -0.15) is 0 Å². The van der Waals surface area contributed by atoms with Crippen molar-refractivity contribution in [2.24, 2.45) is 0 Å². The number of nitrogens with one attached hydrogen (secondary N) is 1. The minimum atomic E-state index is -0.372. The number of amides is 2. The van der Waals surface area contributed by atoms with E-state index in [4.69, 9.17) is 0 Å². The Labute approximate surface area is 162 Å². The van der Waals surface area contributed by atoms with E-state index in [1.54, 1.807) is 24.0 Å². The van der Waals surface area contributed by atoms with Gasteiger partial charge in [0.1, 0.15) is 11.6 Å². The predicted octanol–water partition coefficient (Wildman–Crippen LogP) is 2.35. The Morgan fingerprint density at radius 1 is 1.00 bits per heavy atom. The number of halogens is 2. The lowest BCUT2D eigenvalue weighted by molar-refractivity contribution is -0.122. The standard InChI is InChI=1S/C21H23F2N3O2/c1-15-12-16(2-7-19(15)23)13-24-20(27)14-25-8-10-26(11-9-25)21(28)17-3-5-18(22)6-4-17/h2-7,12H,8-11,13-14H2,1H3,(H,24,27). The molecule has 0 bridgehead atoms. The van der Waals surface area contributed by atoms with Gasteiger partial charge in [0.2, 0.25) is 5.91 Å². The van der Waals surface area contributed by atoms with E-state index in [1.807, 2.05) is 4.90 Å². The lowest BCUT2D eigenvalue weighted by Crippen LogP contribution is -2.51. The lowest BCUT2D eigenvalue weighted by atomic mass is 10.1. The second kappa shape index (κ2) is 8.93. The molecule has 1 saturated heterocycles. The molecule has 0 saturated carbocycles. The quantitative estimate of drug-likeness (QED) is 0.857. The molecule has 0 spiro atoms. The second-order valence-electron chi connectivity index (χ2n) is 6.94. The normalized spacial score (nSPS) is 14.8. The van der Waals surface area contributed by atoms with Crippen molar-refractivity contribution in [2.45, 2.75) is 13.5 Å². The Bertz CT molecular complexity index is 847. The Kier molecular flexibility index (Phi) is 6.36. The van der Waals surface area contributed by atoms with Crippen LogP contribution in [-0.4, -0.2) is 54.3 Å². The first-order valence-electron chi connectivity index (χ1n) is 9.21. The molecular formula is C21H23F2N3O2. The van der Waals surface area contributed by atoms with E-state index in [2.05, 4.69) is 5.32 Å². The van der Waals surface area contributed by atoms with Crippen LogP contribution in [0.2, 0.25) is 0 Å². The van der Waals surface area contributed by atoms with Gasteiger partial charge in [-0.1, -0.05) is 12.1 Å². The van der Waals surface area contributed by atoms with Crippen LogP contribution in [0.3, 0.4) is 0 Å². The lowest BCUT2D eigenvalue weighted by Gasteiger charge is -2.34. The van der Waals surface area contributed by atoms with Gasteiger partial charge in [0, 0.05) is 38.3 Å². The van der Waals surface area contributed by atoms with Crippen LogP contribution in [0.1, 0.15) is 21.5 Å². The van der Waals surface area contributed by atoms with Gasteiger partial charge in [-0.3, -0.25) is 14.5 Å². The average Bonchev–Trinajstić information content (AvgIpc) is 2.69. The van der Waals surface area contributed by atoms with Crippen molar-refractivity contribution in [1.29, 1.82) is 0 Å². The van der Waals surface area contributed by atoms with Crippen LogP contribution >= 0.6 is 0 Å². The Hall–Kier alpha value is -2.80. The number of piperazine rings is 1. The van der Waals surface area contributed by atoms with Crippen LogP contribution in [0.4, 0.5) is 8.78 Å². The first kappa shape index (κ1) is 19.9. The summed E-state index contributed by atoms with van der Waals surface area (Å²) in [5.74, 6) is -0.873. The molecule has 2 aromatic rings. The molecule has 0 aliphatic carbocycles. The summed E-state index contributed by atoms with van der Waals surface area (Å²) < 4.78 is 26.3. The molecule has 5 nitrogen and oxygen atoms in total. The van der Waals surface area contributed by atoms with Crippen molar-refractivity contribution >= 4 is 11.8 Å². The molecule has 1 aliphatic rings. The second-order valence-corrected chi connectivity index (χ2v) is 6.94. The van der Waals surface area contributed by atoms with Crippen LogP contribution < -0.4 is 5.32 Å². The van der Waals surface area contributed by atoms with E-state index < -0.39 is 0 Å². The van der Waals surface area contributed by atoms with Gasteiger partial charge < -0.3 is 10.2 Å². The van der Waals surface area contributed by atoms with Gasteiger partial charge in [-0.25, -0.2) is 8.78 Å². The highest BCUT2D eigenvalue weighted by molar-refractivity contribution is 5.94. The van der Waals surface area contributed by atoms with E-state index in [9.17, 15) is 18.4 Å². The van der Waals surface area contributed by atoms with Crippen molar-refractivity contribution in [3.05, 3.63) is 70.8 Å². The number of hydrogen-bond donors (Lipinski definition) is 1. The first-order valence-corrected chi connectivity index (χ1v) is 9.21. The highest BCUT2D eigenvalue weighted by Gasteiger charge is 2.23. The minimum absolute atomic E-state index is 0.111. The number of rotatable bonds is 5. The van der Waals surface area contributed by atoms with Crippen molar-refractivity contribution < 1.29 is 18.4 Å². The number of nitrogens with zero attached hydrogens (tertiary/aromatic N) is 2. The third kappa shape index (κ3) is 5.13. The number of aryl methyl sites for hydroxylation is 1. The molecule has 2 aromatic carbocycles. The van der Waals surface area contributed by atoms with Crippen LogP contribution in [0.15, 0.2) is 42.5 Å². The fraction of sp³-hybridized carbons (Fsp3) is 0.333. The van der Waals surface area contributed by atoms with Gasteiger partial charge in [-0.05, 0) is 48.4 Å². The van der Waals surface area contributed by atoms with Crippen molar-refractivity contribution in [3.63, 3.8) is 0 Å². The van der Waals surface area contributed by atoms with Gasteiger partial charge in [0.25, 0.3) is 5.91 Å². The summed E-state index contributed by atoms with van der Waals surface area (Å²) in [4.78, 5) is 28.3. The molecule has 0 aromatic heterocycles. The maximum atomic E-state index is 13.3. The highest BCUT2D eigenvalue weighted by atomic mass is 19.1. The van der Waals surface area contributed by atoms with Crippen molar-refractivity contribution in [3.8, 4) is 0 Å². The Morgan fingerprint density at radius 3 is 2.32 bits per heavy atom. The van der Waals surface area contributed by atoms with Crippen LogP contribution in [-0.2, 0) is 11.3 Å². The zero-order valence-corrected chi connectivity index (χ0v) is 15.8. The van der Waals surface area contributed by atoms with Crippen molar-refractivity contribution in [1.82, 2.24) is 15.1 Å². The first-order chi connectivity index (χ1) is 13.4. The third-order valence-corrected chi connectivity index (χ3v) is 4.83. The summed E-state index contributed by atoms with van der Waals surface area (Å²) >= 11 is 0. The number of hydrogen-bond acceptors (Lipinski definition) is 3. The molecule has 28 heavy (non-hydrogen) atoms. The summed E-state index contributed by atoms with van der Waals surface area (Å²) in [6, 6.07) is 10.3. The molecule has 3 rings (SSSR count). The molecule has 1 heterocycles. The third-order valence-electron chi connectivity index (χ3n) is 4.83. The monoisotopic (exact) mass is 387 g/mol. The molecular weight excluding hydrogens is 364 g/mol. The smallest absolute Gasteiger partial charge is 0.253 e. The molecule has 0 atom stereocenters. The zero-order valence-electron chi connectivity index (χ0n) is 15.8. The summed E-state index contributed by atoms with van der Waals surface area (Å²) in [6.45, 7) is 4.50. The van der Waals surface area contributed by atoms with E-state index in [0.717, 1.165) is 5.56 Å².